The molecule has 2 unspecified atom stereocenters. The maximum absolute atomic E-state index is 10.1. The van der Waals surface area contributed by atoms with E-state index in [4.69, 9.17) is 5.11 Å². The first-order valence-corrected chi connectivity index (χ1v) is 2.77. The molecule has 0 aromatic carbocycles. The molecule has 4 heteroatoms. The van der Waals surface area contributed by atoms with Crippen molar-refractivity contribution in [2.24, 2.45) is 0 Å². The van der Waals surface area contributed by atoms with Crippen LogP contribution in [0.25, 0.3) is 0 Å². The highest BCUT2D eigenvalue weighted by atomic mass is 31.0. The van der Waals surface area contributed by atoms with Crippen LogP contribution in [-0.4, -0.2) is 28.8 Å². The number of hydrogen-bond acceptors (Lipinski definition) is 2. The lowest BCUT2D eigenvalue weighted by molar-refractivity contribution is -0.140. The summed E-state index contributed by atoms with van der Waals surface area (Å²) in [5.41, 5.74) is 0. The molecule has 0 aliphatic rings. The molecule has 0 aromatic rings. The van der Waals surface area contributed by atoms with E-state index in [1.807, 2.05) is 0 Å². The van der Waals surface area contributed by atoms with Gasteiger partial charge in [-0.3, -0.25) is 9.46 Å². The van der Waals surface area contributed by atoms with E-state index >= 15 is 0 Å². The minimum atomic E-state index is -0.803. The summed E-state index contributed by atoms with van der Waals surface area (Å²) in [4.78, 5) is 10.1. The van der Waals surface area contributed by atoms with Gasteiger partial charge in [0.25, 0.3) is 0 Å². The fraction of sp³-hybridized carbons (Fsp3) is 0.750. The first-order valence-electron chi connectivity index (χ1n) is 2.26. The highest BCUT2D eigenvalue weighted by molar-refractivity contribution is 7.13. The van der Waals surface area contributed by atoms with Gasteiger partial charge in [-0.15, -0.1) is 0 Å². The van der Waals surface area contributed by atoms with Crippen molar-refractivity contribution < 1.29 is 9.90 Å². The molecule has 0 saturated heterocycles. The number of rotatable bonds is 2. The molecular weight excluding hydrogens is 125 g/mol. The van der Waals surface area contributed by atoms with Gasteiger partial charge in [0.05, 0.1) is 0 Å². The summed E-state index contributed by atoms with van der Waals surface area (Å²) in [5.74, 6) is -0.803. The van der Waals surface area contributed by atoms with Gasteiger partial charge < -0.3 is 5.11 Å². The second kappa shape index (κ2) is 3.00. The molecule has 48 valence electrons. The number of carbonyl (C=O) groups is 1. The van der Waals surface area contributed by atoms with Crippen LogP contribution in [0.15, 0.2) is 0 Å². The van der Waals surface area contributed by atoms with Gasteiger partial charge in [-0.2, -0.15) is 0 Å². The van der Waals surface area contributed by atoms with Crippen molar-refractivity contribution in [3.05, 3.63) is 0 Å². The van der Waals surface area contributed by atoms with Crippen molar-refractivity contribution >= 4 is 15.4 Å². The third-order valence-corrected chi connectivity index (χ3v) is 1.42. The maximum Gasteiger partial charge on any atom is 0.320 e. The van der Waals surface area contributed by atoms with Gasteiger partial charge in [0.2, 0.25) is 0 Å². The third-order valence-electron chi connectivity index (χ3n) is 0.968. The van der Waals surface area contributed by atoms with E-state index in [0.717, 1.165) is 0 Å². The fourth-order valence-electron chi connectivity index (χ4n) is 0.174. The molecule has 0 radical (unpaired) electrons. The minimum absolute atomic E-state index is 0.417. The zero-order valence-electron chi connectivity index (χ0n) is 4.96. The molecule has 0 bridgehead atoms. The molecule has 0 amide bonds. The molecule has 0 rings (SSSR count). The molecule has 0 aliphatic heterocycles. The Balaban J connectivity index is 3.64. The number of hydrogen-bond donors (Lipinski definition) is 1. The Kier molecular flexibility index (Phi) is 2.95. The molecule has 0 heterocycles. The number of carboxylic acids is 1. The Morgan fingerprint density at radius 1 is 1.88 bits per heavy atom. The molecule has 2 atom stereocenters. The van der Waals surface area contributed by atoms with Gasteiger partial charge in [-0.1, -0.05) is 9.39 Å². The SMILES string of the molecule is CC(C(=O)O)N(C)P. The Hall–Kier alpha value is -0.140. The zero-order valence-corrected chi connectivity index (χ0v) is 6.11. The van der Waals surface area contributed by atoms with E-state index in [9.17, 15) is 4.79 Å². The van der Waals surface area contributed by atoms with Crippen molar-refractivity contribution in [1.82, 2.24) is 4.67 Å². The number of nitrogens with zero attached hydrogens (tertiary/aromatic N) is 1. The van der Waals surface area contributed by atoms with Gasteiger partial charge in [-0.05, 0) is 14.0 Å². The number of carboxylic acid groups (broad SMARTS) is 1. The monoisotopic (exact) mass is 135 g/mol. The molecule has 0 spiro atoms. The van der Waals surface area contributed by atoms with Crippen LogP contribution in [0.2, 0.25) is 0 Å². The molecule has 0 aliphatic carbocycles. The smallest absolute Gasteiger partial charge is 0.320 e. The van der Waals surface area contributed by atoms with Crippen molar-refractivity contribution in [3.8, 4) is 0 Å². The van der Waals surface area contributed by atoms with Gasteiger partial charge in [-0.25, -0.2) is 0 Å². The second-order valence-corrected chi connectivity index (χ2v) is 2.49. The highest BCUT2D eigenvalue weighted by Gasteiger charge is 2.11. The van der Waals surface area contributed by atoms with Crippen LogP contribution in [0.5, 0.6) is 0 Å². The maximum atomic E-state index is 10.1. The average Bonchev–Trinajstić information content (AvgIpc) is 1.64. The van der Waals surface area contributed by atoms with Crippen LogP contribution in [0, 0.1) is 0 Å². The van der Waals surface area contributed by atoms with Crippen LogP contribution in [0.4, 0.5) is 0 Å². The first kappa shape index (κ1) is 7.86. The largest absolute Gasteiger partial charge is 0.480 e. The average molecular weight is 135 g/mol. The van der Waals surface area contributed by atoms with E-state index in [0.29, 0.717) is 0 Å². The zero-order chi connectivity index (χ0) is 6.73. The second-order valence-electron chi connectivity index (χ2n) is 1.68. The summed E-state index contributed by atoms with van der Waals surface area (Å²) in [5, 5.41) is 8.30. The normalized spacial score (nSPS) is 14.0. The van der Waals surface area contributed by atoms with Gasteiger partial charge in [0.1, 0.15) is 6.04 Å². The van der Waals surface area contributed by atoms with Crippen molar-refractivity contribution in [3.63, 3.8) is 0 Å². The van der Waals surface area contributed by atoms with Gasteiger partial charge >= 0.3 is 5.97 Å². The molecule has 1 N–H and O–H groups in total. The Morgan fingerprint density at radius 3 is 2.25 bits per heavy atom. The van der Waals surface area contributed by atoms with Gasteiger partial charge in [0.15, 0.2) is 0 Å². The van der Waals surface area contributed by atoms with E-state index < -0.39 is 12.0 Å². The lowest BCUT2D eigenvalue weighted by Gasteiger charge is -2.13. The molecule has 0 aromatic heterocycles. The molecular formula is C4H10NO2P. The third kappa shape index (κ3) is 2.24. The summed E-state index contributed by atoms with van der Waals surface area (Å²) in [6.45, 7) is 1.62. The van der Waals surface area contributed by atoms with Crippen LogP contribution < -0.4 is 0 Å². The summed E-state index contributed by atoms with van der Waals surface area (Å²) < 4.78 is 1.56. The van der Waals surface area contributed by atoms with E-state index in [1.165, 1.54) is 0 Å². The quantitative estimate of drug-likeness (QED) is 0.549. The fourth-order valence-corrected chi connectivity index (χ4v) is 0.302. The van der Waals surface area contributed by atoms with Crippen molar-refractivity contribution in [2.45, 2.75) is 13.0 Å². The van der Waals surface area contributed by atoms with Crippen LogP contribution in [0.1, 0.15) is 6.92 Å². The molecule has 0 fully saturated rings. The summed E-state index contributed by atoms with van der Waals surface area (Å²) in [6.07, 6.45) is 0. The Bertz CT molecular complexity index is 94.0. The minimum Gasteiger partial charge on any atom is -0.480 e. The van der Waals surface area contributed by atoms with Crippen molar-refractivity contribution in [1.29, 1.82) is 0 Å². The summed E-state index contributed by atoms with van der Waals surface area (Å²) in [7, 11) is 3.99. The lowest BCUT2D eigenvalue weighted by atomic mass is 10.4. The van der Waals surface area contributed by atoms with Gasteiger partial charge in [0, 0.05) is 0 Å². The molecule has 3 nitrogen and oxygen atoms in total. The Morgan fingerprint density at radius 2 is 2.25 bits per heavy atom. The molecule has 0 saturated carbocycles. The van der Waals surface area contributed by atoms with Crippen molar-refractivity contribution in [2.75, 3.05) is 7.05 Å². The standard InChI is InChI=1S/C4H10NO2P/c1-3(4(6)7)5(2)8/h3H,8H2,1-2H3,(H,6,7). The topological polar surface area (TPSA) is 40.5 Å². The lowest BCUT2D eigenvalue weighted by Crippen LogP contribution is -2.28. The highest BCUT2D eigenvalue weighted by Crippen LogP contribution is 2.00. The first-order chi connectivity index (χ1) is 3.55. The summed E-state index contributed by atoms with van der Waals surface area (Å²) >= 11 is 0. The number of likely N-dealkylation sites (N-methyl/N-ethyl adjacent to an activating group) is 1. The number of aliphatic carboxylic acids is 1. The summed E-state index contributed by atoms with van der Waals surface area (Å²) in [6, 6.07) is -0.417. The predicted molar refractivity (Wildman–Crippen MR) is 34.6 cm³/mol. The Labute approximate surface area is 50.9 Å². The molecule has 8 heavy (non-hydrogen) atoms. The van der Waals surface area contributed by atoms with Crippen LogP contribution in [0.3, 0.4) is 0 Å². The van der Waals surface area contributed by atoms with Crippen LogP contribution >= 0.6 is 9.39 Å². The van der Waals surface area contributed by atoms with Crippen LogP contribution in [-0.2, 0) is 4.79 Å². The van der Waals surface area contributed by atoms with E-state index in [2.05, 4.69) is 9.39 Å². The van der Waals surface area contributed by atoms with E-state index in [-0.39, 0.29) is 0 Å². The van der Waals surface area contributed by atoms with E-state index in [1.54, 1.807) is 18.6 Å². The predicted octanol–water partition coefficient (Wildman–Crippen LogP) is 0.181.